The first-order valence-electron chi connectivity index (χ1n) is 6.09. The van der Waals surface area contributed by atoms with Gasteiger partial charge < -0.3 is 29.9 Å². The third-order valence-electron chi connectivity index (χ3n) is 3.12. The van der Waals surface area contributed by atoms with Crippen molar-refractivity contribution in [2.45, 2.75) is 30.7 Å². The van der Waals surface area contributed by atoms with Gasteiger partial charge in [-0.25, -0.2) is 0 Å². The molecule has 1 aliphatic rings. The molecule has 1 saturated heterocycles. The van der Waals surface area contributed by atoms with Crippen molar-refractivity contribution in [2.75, 3.05) is 6.61 Å². The quantitative estimate of drug-likeness (QED) is 0.507. The molecule has 20 heavy (non-hydrogen) atoms. The van der Waals surface area contributed by atoms with E-state index >= 15 is 0 Å². The molecule has 1 aliphatic heterocycles. The molecule has 4 N–H and O–H groups in total. The summed E-state index contributed by atoms with van der Waals surface area (Å²) in [7, 11) is 0. The van der Waals surface area contributed by atoms with Crippen molar-refractivity contribution in [3.63, 3.8) is 0 Å². The molecule has 1 aromatic rings. The average molecular weight is 284 g/mol. The second kappa shape index (κ2) is 6.29. The fraction of sp³-hybridized carbons (Fsp3) is 0.462. The van der Waals surface area contributed by atoms with Crippen LogP contribution in [0.15, 0.2) is 24.3 Å². The maximum absolute atomic E-state index is 10.5. The fourth-order valence-corrected chi connectivity index (χ4v) is 1.92. The van der Waals surface area contributed by atoms with Gasteiger partial charge in [-0.05, 0) is 24.3 Å². The van der Waals surface area contributed by atoms with Crippen LogP contribution in [0.1, 0.15) is 10.4 Å². The second-order valence-electron chi connectivity index (χ2n) is 4.50. The molecular formula is C13H16O7. The molecule has 0 unspecified atom stereocenters. The molecule has 7 nitrogen and oxygen atoms in total. The highest BCUT2D eigenvalue weighted by Gasteiger charge is 2.44. The summed E-state index contributed by atoms with van der Waals surface area (Å²) in [5.41, 5.74) is 0.464. The molecule has 0 amide bonds. The monoisotopic (exact) mass is 284 g/mol. The molecule has 0 aromatic heterocycles. The zero-order valence-electron chi connectivity index (χ0n) is 10.5. The lowest BCUT2D eigenvalue weighted by Gasteiger charge is -2.39. The first kappa shape index (κ1) is 14.9. The van der Waals surface area contributed by atoms with E-state index in [4.69, 9.17) is 14.6 Å². The number of hydrogen-bond donors (Lipinski definition) is 4. The molecule has 1 fully saturated rings. The van der Waals surface area contributed by atoms with Crippen LogP contribution in [0.4, 0.5) is 0 Å². The largest absolute Gasteiger partial charge is 0.462 e. The number of aliphatic hydroxyl groups excluding tert-OH is 4. The number of rotatable bonds is 4. The summed E-state index contributed by atoms with van der Waals surface area (Å²) in [4.78, 5) is 10.5. The van der Waals surface area contributed by atoms with Gasteiger partial charge in [0.2, 0.25) is 6.29 Å². The summed E-state index contributed by atoms with van der Waals surface area (Å²) in [5, 5.41) is 38.1. The van der Waals surface area contributed by atoms with E-state index in [0.29, 0.717) is 17.6 Å². The van der Waals surface area contributed by atoms with E-state index in [1.807, 2.05) is 0 Å². The van der Waals surface area contributed by atoms with Crippen LogP contribution in [0.3, 0.4) is 0 Å². The third-order valence-corrected chi connectivity index (χ3v) is 3.12. The van der Waals surface area contributed by atoms with Gasteiger partial charge in [0, 0.05) is 5.56 Å². The molecule has 5 atom stereocenters. The van der Waals surface area contributed by atoms with E-state index in [1.54, 1.807) is 0 Å². The maximum atomic E-state index is 10.5. The molecule has 0 bridgehead atoms. The third kappa shape index (κ3) is 2.97. The van der Waals surface area contributed by atoms with Gasteiger partial charge in [0.05, 0.1) is 6.61 Å². The standard InChI is InChI=1S/C13H16O7/c14-5-7-1-3-8(4-2-7)19-13-12(18)11(17)10(16)9(6-15)20-13/h1-5,9-13,15-18H,6H2/t9-,10+,11+,12-,13+/m0/s1. The highest BCUT2D eigenvalue weighted by molar-refractivity contribution is 5.74. The molecule has 110 valence electrons. The Morgan fingerprint density at radius 2 is 1.75 bits per heavy atom. The lowest BCUT2D eigenvalue weighted by atomic mass is 9.99. The summed E-state index contributed by atoms with van der Waals surface area (Å²) >= 11 is 0. The molecule has 2 rings (SSSR count). The summed E-state index contributed by atoms with van der Waals surface area (Å²) in [6.07, 6.45) is -5.94. The lowest BCUT2D eigenvalue weighted by Crippen LogP contribution is -2.60. The van der Waals surface area contributed by atoms with Gasteiger partial charge in [-0.1, -0.05) is 0 Å². The molecule has 7 heteroatoms. The van der Waals surface area contributed by atoms with E-state index in [2.05, 4.69) is 0 Å². The van der Waals surface area contributed by atoms with Crippen molar-refractivity contribution in [1.29, 1.82) is 0 Å². The molecule has 0 spiro atoms. The number of aliphatic hydroxyl groups is 4. The smallest absolute Gasteiger partial charge is 0.229 e. The van der Waals surface area contributed by atoms with E-state index in [0.717, 1.165) is 0 Å². The molecule has 0 aliphatic carbocycles. The van der Waals surface area contributed by atoms with Gasteiger partial charge in [-0.15, -0.1) is 0 Å². The zero-order chi connectivity index (χ0) is 14.7. The Morgan fingerprint density at radius 1 is 1.10 bits per heavy atom. The SMILES string of the molecule is O=Cc1ccc(O[C@@H]2O[C@@H](CO)[C@@H](O)[C@@H](O)[C@@H]2O)cc1. The topological polar surface area (TPSA) is 116 Å². The lowest BCUT2D eigenvalue weighted by molar-refractivity contribution is -0.277. The predicted molar refractivity (Wildman–Crippen MR) is 66.2 cm³/mol. The Kier molecular flexibility index (Phi) is 4.69. The predicted octanol–water partition coefficient (Wildman–Crippen LogP) is -1.32. The van der Waals surface area contributed by atoms with E-state index in [-0.39, 0.29) is 0 Å². The number of benzene rings is 1. The van der Waals surface area contributed by atoms with Crippen LogP contribution in [-0.4, -0.2) is 64.0 Å². The summed E-state index contributed by atoms with van der Waals surface area (Å²) in [5.74, 6) is 0.319. The normalized spacial score (nSPS) is 33.7. The minimum absolute atomic E-state index is 0.319. The zero-order valence-corrected chi connectivity index (χ0v) is 10.5. The van der Waals surface area contributed by atoms with E-state index in [9.17, 15) is 20.1 Å². The van der Waals surface area contributed by atoms with Crippen molar-refractivity contribution < 1.29 is 34.7 Å². The number of carbonyl (C=O) groups excluding carboxylic acids is 1. The average Bonchev–Trinajstić information content (AvgIpc) is 2.48. The Hall–Kier alpha value is -1.51. The van der Waals surface area contributed by atoms with Crippen molar-refractivity contribution >= 4 is 6.29 Å². The fourth-order valence-electron chi connectivity index (χ4n) is 1.92. The first-order chi connectivity index (χ1) is 9.56. The van der Waals surface area contributed by atoms with Crippen LogP contribution in [0.2, 0.25) is 0 Å². The van der Waals surface area contributed by atoms with Gasteiger partial charge in [0.25, 0.3) is 0 Å². The molecule has 1 aromatic carbocycles. The minimum atomic E-state index is -1.49. The molecule has 0 saturated carbocycles. The molecular weight excluding hydrogens is 268 g/mol. The van der Waals surface area contributed by atoms with E-state index < -0.39 is 37.3 Å². The van der Waals surface area contributed by atoms with Gasteiger partial charge in [-0.3, -0.25) is 4.79 Å². The minimum Gasteiger partial charge on any atom is -0.462 e. The Labute approximate surface area is 115 Å². The van der Waals surface area contributed by atoms with Crippen molar-refractivity contribution in [2.24, 2.45) is 0 Å². The van der Waals surface area contributed by atoms with Crippen molar-refractivity contribution in [3.8, 4) is 5.75 Å². The Morgan fingerprint density at radius 3 is 2.30 bits per heavy atom. The van der Waals surface area contributed by atoms with Crippen molar-refractivity contribution in [3.05, 3.63) is 29.8 Å². The van der Waals surface area contributed by atoms with Gasteiger partial charge in [-0.2, -0.15) is 0 Å². The van der Waals surface area contributed by atoms with Crippen LogP contribution >= 0.6 is 0 Å². The summed E-state index contributed by atoms with van der Waals surface area (Å²) in [6.45, 7) is -0.519. The first-order valence-corrected chi connectivity index (χ1v) is 6.09. The number of aldehydes is 1. The second-order valence-corrected chi connectivity index (χ2v) is 4.50. The van der Waals surface area contributed by atoms with Crippen LogP contribution in [-0.2, 0) is 4.74 Å². The number of ether oxygens (including phenoxy) is 2. The number of carbonyl (C=O) groups is 1. The highest BCUT2D eigenvalue weighted by atomic mass is 16.7. The summed E-state index contributed by atoms with van der Waals surface area (Å²) < 4.78 is 10.5. The molecule has 0 radical (unpaired) electrons. The molecule has 1 heterocycles. The highest BCUT2D eigenvalue weighted by Crippen LogP contribution is 2.24. The summed E-state index contributed by atoms with van der Waals surface area (Å²) in [6, 6.07) is 6.05. The Bertz CT molecular complexity index is 445. The van der Waals surface area contributed by atoms with Gasteiger partial charge in [0.1, 0.15) is 36.5 Å². The van der Waals surface area contributed by atoms with Gasteiger partial charge >= 0.3 is 0 Å². The van der Waals surface area contributed by atoms with Crippen LogP contribution in [0.25, 0.3) is 0 Å². The van der Waals surface area contributed by atoms with Crippen LogP contribution < -0.4 is 4.74 Å². The van der Waals surface area contributed by atoms with Crippen LogP contribution in [0.5, 0.6) is 5.75 Å². The maximum Gasteiger partial charge on any atom is 0.229 e. The number of hydrogen-bond acceptors (Lipinski definition) is 7. The van der Waals surface area contributed by atoms with Crippen LogP contribution in [0, 0.1) is 0 Å². The van der Waals surface area contributed by atoms with E-state index in [1.165, 1.54) is 24.3 Å². The van der Waals surface area contributed by atoms with Gasteiger partial charge in [0.15, 0.2) is 0 Å². The van der Waals surface area contributed by atoms with Crippen molar-refractivity contribution in [1.82, 2.24) is 0 Å². The Balaban J connectivity index is 2.08.